The quantitative estimate of drug-likeness (QED) is 0.144. The number of aromatic nitrogens is 3. The lowest BCUT2D eigenvalue weighted by molar-refractivity contribution is -0.136. The summed E-state index contributed by atoms with van der Waals surface area (Å²) in [5.41, 5.74) is 6.35. The number of aryl methyl sites for hydroxylation is 1. The molecular weight excluding hydrogens is 900 g/mol. The lowest BCUT2D eigenvalue weighted by Crippen LogP contribution is -2.55. The summed E-state index contributed by atoms with van der Waals surface area (Å²) in [6, 6.07) is 19.5. The van der Waals surface area contributed by atoms with Crippen LogP contribution in [0.2, 0.25) is 0 Å². The molecule has 4 amide bonds. The first-order chi connectivity index (χ1) is 34.1. The molecule has 0 radical (unpaired) electrons. The van der Waals surface area contributed by atoms with Gasteiger partial charge in [0.05, 0.1) is 23.0 Å². The number of benzene rings is 2. The molecule has 374 valence electrons. The number of anilines is 2. The molecular formula is C55H67FN10O5. The zero-order valence-corrected chi connectivity index (χ0v) is 41.9. The molecule has 0 unspecified atom stereocenters. The Morgan fingerprint density at radius 1 is 0.901 bits per heavy atom. The van der Waals surface area contributed by atoms with Gasteiger partial charge in [0.25, 0.3) is 11.5 Å². The molecule has 15 nitrogen and oxygen atoms in total. The van der Waals surface area contributed by atoms with Gasteiger partial charge in [0, 0.05) is 113 Å². The number of likely N-dealkylation sites (tertiary alicyclic amines) is 2. The molecule has 4 fully saturated rings. The third-order valence-corrected chi connectivity index (χ3v) is 16.5. The van der Waals surface area contributed by atoms with Gasteiger partial charge in [-0.3, -0.25) is 53.5 Å². The molecule has 2 aromatic carbocycles. The van der Waals surface area contributed by atoms with Gasteiger partial charge in [-0.25, -0.2) is 9.37 Å². The second-order valence-electron chi connectivity index (χ2n) is 21.2. The molecule has 16 heteroatoms. The Bertz CT molecular complexity index is 2930. The molecule has 0 spiro atoms. The van der Waals surface area contributed by atoms with Gasteiger partial charge in [-0.05, 0) is 132 Å². The van der Waals surface area contributed by atoms with Crippen LogP contribution in [0.25, 0.3) is 16.7 Å². The van der Waals surface area contributed by atoms with E-state index in [-0.39, 0.29) is 41.4 Å². The van der Waals surface area contributed by atoms with Gasteiger partial charge in [0.1, 0.15) is 11.7 Å². The van der Waals surface area contributed by atoms with E-state index in [1.54, 1.807) is 24.2 Å². The van der Waals surface area contributed by atoms with Crippen molar-refractivity contribution in [2.75, 3.05) is 69.6 Å². The molecule has 5 aromatic rings. The van der Waals surface area contributed by atoms with Crippen LogP contribution in [0.3, 0.4) is 0 Å². The summed E-state index contributed by atoms with van der Waals surface area (Å²) < 4.78 is 18.2. The number of pyridine rings is 2. The number of amides is 4. The van der Waals surface area contributed by atoms with Crippen LogP contribution in [0.5, 0.6) is 0 Å². The number of rotatable bonds is 11. The SMILES string of the molecule is CNc1cc(=O)n(-c2ccnc3c2cc([C@H](C)N2CCC(c4ccc(C(=O)N5CCC(CN6CCN(Cc7ccc8c(c7)C(C)(C)C(=O)N8[C@H]7CCC(=O)NC7=O)C[C@@H]6C)CC5)cc4)CC2)n3C)cc1F. The van der Waals surface area contributed by atoms with Gasteiger partial charge in [-0.2, -0.15) is 0 Å². The Balaban J connectivity index is 0.683. The number of carbonyl (C=O) groups is 4. The fourth-order valence-electron chi connectivity index (χ4n) is 12.2. The predicted molar refractivity (Wildman–Crippen MR) is 272 cm³/mol. The fourth-order valence-corrected chi connectivity index (χ4v) is 12.2. The van der Waals surface area contributed by atoms with Crippen molar-refractivity contribution in [2.45, 2.75) is 102 Å². The summed E-state index contributed by atoms with van der Waals surface area (Å²) in [6.07, 6.45) is 7.45. The summed E-state index contributed by atoms with van der Waals surface area (Å²) >= 11 is 0. The second-order valence-corrected chi connectivity index (χ2v) is 21.2. The third-order valence-electron chi connectivity index (χ3n) is 16.5. The number of halogens is 1. The normalized spacial score (nSPS) is 22.3. The van der Waals surface area contributed by atoms with Crippen molar-refractivity contribution in [3.8, 4) is 5.69 Å². The minimum absolute atomic E-state index is 0.0987. The first-order valence-electron chi connectivity index (χ1n) is 25.5. The molecule has 0 saturated carbocycles. The molecule has 3 atom stereocenters. The highest BCUT2D eigenvalue weighted by Crippen LogP contribution is 2.44. The average molecular weight is 967 g/mol. The summed E-state index contributed by atoms with van der Waals surface area (Å²) in [4.78, 5) is 80.9. The smallest absolute Gasteiger partial charge is 0.257 e. The Hall–Kier alpha value is -6.23. The highest BCUT2D eigenvalue weighted by atomic mass is 19.1. The lowest BCUT2D eigenvalue weighted by Gasteiger charge is -2.42. The second kappa shape index (κ2) is 19.4. The van der Waals surface area contributed by atoms with E-state index in [1.807, 2.05) is 44.0 Å². The average Bonchev–Trinajstić information content (AvgIpc) is 3.81. The van der Waals surface area contributed by atoms with Gasteiger partial charge in [-0.15, -0.1) is 0 Å². The van der Waals surface area contributed by atoms with Crippen molar-refractivity contribution < 1.29 is 23.6 Å². The molecule has 4 saturated heterocycles. The van der Waals surface area contributed by atoms with Crippen molar-refractivity contribution in [3.05, 3.63) is 117 Å². The number of nitrogens with zero attached hydrogens (tertiary/aromatic N) is 8. The molecule has 0 bridgehead atoms. The predicted octanol–water partition coefficient (Wildman–Crippen LogP) is 6.33. The maximum atomic E-state index is 14.8. The minimum atomic E-state index is -0.768. The van der Waals surface area contributed by atoms with Crippen molar-refractivity contribution in [1.82, 2.24) is 39.0 Å². The van der Waals surface area contributed by atoms with E-state index in [2.05, 4.69) is 79.1 Å². The van der Waals surface area contributed by atoms with Gasteiger partial charge in [0.15, 0.2) is 5.82 Å². The fraction of sp³-hybridized carbons (Fsp3) is 0.491. The molecule has 2 N–H and O–H groups in total. The number of hydrogen-bond acceptors (Lipinski definition) is 10. The largest absolute Gasteiger partial charge is 0.386 e. The Morgan fingerprint density at radius 3 is 2.35 bits per heavy atom. The Kier molecular flexibility index (Phi) is 13.2. The van der Waals surface area contributed by atoms with Gasteiger partial charge in [-0.1, -0.05) is 24.3 Å². The van der Waals surface area contributed by atoms with Crippen LogP contribution in [0, 0.1) is 11.7 Å². The summed E-state index contributed by atoms with van der Waals surface area (Å²) in [5, 5.41) is 5.94. The van der Waals surface area contributed by atoms with Crippen LogP contribution in [0.15, 0.2) is 77.9 Å². The van der Waals surface area contributed by atoms with Crippen molar-refractivity contribution in [2.24, 2.45) is 13.0 Å². The van der Waals surface area contributed by atoms with Crippen LogP contribution in [-0.2, 0) is 33.4 Å². The first-order valence-corrected chi connectivity index (χ1v) is 25.5. The molecule has 8 heterocycles. The van der Waals surface area contributed by atoms with Crippen molar-refractivity contribution >= 4 is 46.0 Å². The topological polar surface area (TPSA) is 148 Å². The van der Waals surface area contributed by atoms with Crippen molar-refractivity contribution in [1.29, 1.82) is 0 Å². The van der Waals surface area contributed by atoms with Crippen LogP contribution < -0.4 is 21.1 Å². The van der Waals surface area contributed by atoms with Gasteiger partial charge < -0.3 is 14.8 Å². The lowest BCUT2D eigenvalue weighted by atomic mass is 9.85. The number of fused-ring (bicyclic) bond motifs is 2. The number of nitrogens with one attached hydrogen (secondary N) is 2. The molecule has 71 heavy (non-hydrogen) atoms. The van der Waals surface area contributed by atoms with Gasteiger partial charge in [0.2, 0.25) is 17.7 Å². The number of piperazine rings is 1. The minimum Gasteiger partial charge on any atom is -0.386 e. The van der Waals surface area contributed by atoms with Crippen LogP contribution in [0.1, 0.15) is 111 Å². The Labute approximate surface area is 415 Å². The monoisotopic (exact) mass is 967 g/mol. The van der Waals surface area contributed by atoms with E-state index < -0.39 is 23.2 Å². The summed E-state index contributed by atoms with van der Waals surface area (Å²) in [7, 11) is 3.59. The number of hydrogen-bond donors (Lipinski definition) is 2. The molecule has 0 aliphatic carbocycles. The molecule has 10 rings (SSSR count). The maximum absolute atomic E-state index is 14.8. The van der Waals surface area contributed by atoms with Gasteiger partial charge >= 0.3 is 0 Å². The van der Waals surface area contributed by atoms with E-state index in [0.29, 0.717) is 30.0 Å². The molecule has 5 aliphatic rings. The third kappa shape index (κ3) is 9.18. The Morgan fingerprint density at radius 2 is 1.65 bits per heavy atom. The van der Waals surface area contributed by atoms with Crippen LogP contribution in [-0.4, -0.2) is 129 Å². The van der Waals surface area contributed by atoms with E-state index in [9.17, 15) is 28.4 Å². The maximum Gasteiger partial charge on any atom is 0.257 e. The number of piperidine rings is 3. The highest BCUT2D eigenvalue weighted by molar-refractivity contribution is 6.13. The van der Waals surface area contributed by atoms with E-state index in [1.165, 1.54) is 22.4 Å². The van der Waals surface area contributed by atoms with Crippen LogP contribution in [0.4, 0.5) is 15.8 Å². The number of imide groups is 1. The first kappa shape index (κ1) is 48.4. The number of carbonyl (C=O) groups excluding carboxylic acids is 4. The zero-order valence-electron chi connectivity index (χ0n) is 41.9. The molecule has 3 aromatic heterocycles. The summed E-state index contributed by atoms with van der Waals surface area (Å²) in [5.74, 6) is -0.244. The van der Waals surface area contributed by atoms with Crippen molar-refractivity contribution in [3.63, 3.8) is 0 Å². The zero-order chi connectivity index (χ0) is 49.9. The van der Waals surface area contributed by atoms with E-state index in [4.69, 9.17) is 0 Å². The standard InChI is InChI=1S/C55H67FN10O5/c1-34-30-61(31-37-7-12-46-42(27-37)55(3,4)54(71)66(46)47-13-14-49(67)59-52(47)69)25-26-64(34)32-36-16-21-63(22-17-36)53(70)40-10-8-38(9-11-40)39-18-23-62(24-19-39)35(2)48-28-41-45(15-20-58-51(41)60(48)6)65-33-43(56)44(57-5)29-50(65)68/h7-12,15,20,27-29,33-36,39,47,57H,13-14,16-19,21-26,30-32H2,1-6H3,(H,59,67,69)/t34-,35-,47-/m0/s1. The van der Waals surface area contributed by atoms with Crippen LogP contribution >= 0.6 is 0 Å². The highest BCUT2D eigenvalue weighted by Gasteiger charge is 2.49. The molecule has 5 aliphatic heterocycles. The van der Waals surface area contributed by atoms with E-state index in [0.717, 1.165) is 124 Å². The summed E-state index contributed by atoms with van der Waals surface area (Å²) in [6.45, 7) is 16.4. The van der Waals surface area contributed by atoms with E-state index >= 15 is 0 Å².